The number of nitrogens with two attached hydrogens (primary N) is 1. The molecule has 2 heterocycles. The number of nitrogen functional groups attached to an aromatic ring is 1. The number of aromatic nitrogens is 3. The summed E-state index contributed by atoms with van der Waals surface area (Å²) in [4.78, 5) is 15.8. The van der Waals surface area contributed by atoms with Crippen LogP contribution in [0, 0.1) is 5.95 Å². The van der Waals surface area contributed by atoms with Crippen molar-refractivity contribution in [2.45, 2.75) is 0 Å². The van der Waals surface area contributed by atoms with Crippen molar-refractivity contribution in [3.05, 3.63) is 65.5 Å². The number of nitrogens with zero attached hydrogens (tertiary/aromatic N) is 3. The zero-order valence-corrected chi connectivity index (χ0v) is 13.0. The van der Waals surface area contributed by atoms with Gasteiger partial charge in [0, 0.05) is 11.8 Å². The number of halogens is 2. The van der Waals surface area contributed by atoms with E-state index in [1.807, 2.05) is 0 Å². The topological polar surface area (TPSA) is 93.8 Å². The van der Waals surface area contributed by atoms with Crippen molar-refractivity contribution in [3.63, 3.8) is 0 Å². The summed E-state index contributed by atoms with van der Waals surface area (Å²) in [6, 6.07) is 10.8. The van der Waals surface area contributed by atoms with Crippen molar-refractivity contribution in [2.75, 3.05) is 11.1 Å². The highest BCUT2D eigenvalue weighted by molar-refractivity contribution is 6.29. The molecular formula is C16H11ClFN5O. The molecule has 120 valence electrons. The highest BCUT2D eigenvalue weighted by atomic mass is 35.5. The van der Waals surface area contributed by atoms with Crippen molar-refractivity contribution in [1.82, 2.24) is 15.2 Å². The number of carbonyl (C=O) groups excluding carboxylic acids is 1. The summed E-state index contributed by atoms with van der Waals surface area (Å²) >= 11 is 5.64. The predicted molar refractivity (Wildman–Crippen MR) is 89.0 cm³/mol. The van der Waals surface area contributed by atoms with Crippen LogP contribution in [0.25, 0.3) is 11.1 Å². The third kappa shape index (κ3) is 3.47. The molecule has 0 atom stereocenters. The van der Waals surface area contributed by atoms with Crippen LogP contribution in [0.2, 0.25) is 5.15 Å². The Hall–Kier alpha value is -3.06. The van der Waals surface area contributed by atoms with Crippen molar-refractivity contribution in [2.24, 2.45) is 0 Å². The average molecular weight is 344 g/mol. The average Bonchev–Trinajstić information content (AvgIpc) is 2.58. The Balaban J connectivity index is 1.87. The van der Waals surface area contributed by atoms with Gasteiger partial charge in [-0.1, -0.05) is 17.7 Å². The lowest BCUT2D eigenvalue weighted by atomic mass is 10.1. The maximum Gasteiger partial charge on any atom is 0.276 e. The maximum absolute atomic E-state index is 12.9. The number of benzene rings is 1. The molecule has 3 N–H and O–H groups in total. The van der Waals surface area contributed by atoms with Gasteiger partial charge in [-0.3, -0.25) is 4.79 Å². The first-order valence-corrected chi connectivity index (χ1v) is 7.23. The second-order valence-electron chi connectivity index (χ2n) is 4.87. The molecule has 1 amide bonds. The van der Waals surface area contributed by atoms with E-state index in [-0.39, 0.29) is 10.8 Å². The molecule has 0 fully saturated rings. The third-order valence-corrected chi connectivity index (χ3v) is 3.43. The first-order valence-electron chi connectivity index (χ1n) is 6.85. The molecule has 0 unspecified atom stereocenters. The van der Waals surface area contributed by atoms with E-state index in [1.165, 1.54) is 24.4 Å². The number of pyridine rings is 1. The van der Waals surface area contributed by atoms with E-state index in [0.717, 1.165) is 5.56 Å². The van der Waals surface area contributed by atoms with Crippen LogP contribution in [-0.2, 0) is 0 Å². The first kappa shape index (κ1) is 15.8. The minimum absolute atomic E-state index is 0.104. The molecule has 3 aromatic rings. The predicted octanol–water partition coefficient (Wildman–Crippen LogP) is 3.17. The fraction of sp³-hybridized carbons (Fsp3) is 0. The van der Waals surface area contributed by atoms with Crippen LogP contribution >= 0.6 is 11.6 Å². The SMILES string of the molecule is Nc1ccc(-c2ccc(F)nc2)cc1NC(=O)c1ccc(Cl)nn1. The molecule has 0 aliphatic heterocycles. The van der Waals surface area contributed by atoms with E-state index in [2.05, 4.69) is 20.5 Å². The van der Waals surface area contributed by atoms with Gasteiger partial charge < -0.3 is 11.1 Å². The van der Waals surface area contributed by atoms with Crippen LogP contribution in [-0.4, -0.2) is 21.1 Å². The lowest BCUT2D eigenvalue weighted by Gasteiger charge is -2.10. The van der Waals surface area contributed by atoms with Gasteiger partial charge in [0.15, 0.2) is 10.8 Å². The van der Waals surface area contributed by atoms with E-state index in [4.69, 9.17) is 17.3 Å². The molecule has 0 saturated carbocycles. The Bertz CT molecular complexity index is 884. The highest BCUT2D eigenvalue weighted by Crippen LogP contribution is 2.27. The Labute approximate surface area is 141 Å². The summed E-state index contributed by atoms with van der Waals surface area (Å²) in [6.07, 6.45) is 1.40. The van der Waals surface area contributed by atoms with Crippen LogP contribution in [0.1, 0.15) is 10.5 Å². The van der Waals surface area contributed by atoms with E-state index >= 15 is 0 Å². The van der Waals surface area contributed by atoms with E-state index in [1.54, 1.807) is 24.3 Å². The zero-order valence-electron chi connectivity index (χ0n) is 12.2. The molecule has 0 bridgehead atoms. The molecule has 0 aliphatic carbocycles. The number of carbonyl (C=O) groups is 1. The van der Waals surface area contributed by atoms with Gasteiger partial charge >= 0.3 is 0 Å². The number of amides is 1. The fourth-order valence-corrected chi connectivity index (χ4v) is 2.11. The van der Waals surface area contributed by atoms with Gasteiger partial charge in [0.05, 0.1) is 11.4 Å². The lowest BCUT2D eigenvalue weighted by Crippen LogP contribution is -2.15. The molecule has 0 aliphatic rings. The summed E-state index contributed by atoms with van der Waals surface area (Å²) < 4.78 is 12.9. The first-order chi connectivity index (χ1) is 11.5. The van der Waals surface area contributed by atoms with Crippen LogP contribution in [0.4, 0.5) is 15.8 Å². The summed E-state index contributed by atoms with van der Waals surface area (Å²) in [5, 5.41) is 10.2. The highest BCUT2D eigenvalue weighted by Gasteiger charge is 2.11. The van der Waals surface area contributed by atoms with Crippen LogP contribution < -0.4 is 11.1 Å². The van der Waals surface area contributed by atoms with Gasteiger partial charge in [-0.15, -0.1) is 10.2 Å². The fourth-order valence-electron chi connectivity index (χ4n) is 2.01. The van der Waals surface area contributed by atoms with Gasteiger partial charge in [0.25, 0.3) is 5.91 Å². The molecule has 1 aromatic carbocycles. The zero-order chi connectivity index (χ0) is 17.1. The third-order valence-electron chi connectivity index (χ3n) is 3.23. The van der Waals surface area contributed by atoms with Crippen molar-refractivity contribution in [3.8, 4) is 11.1 Å². The molecule has 3 rings (SSSR count). The minimum Gasteiger partial charge on any atom is -0.397 e. The Morgan fingerprint density at radius 3 is 2.54 bits per heavy atom. The minimum atomic E-state index is -0.566. The Morgan fingerprint density at radius 1 is 1.08 bits per heavy atom. The molecule has 6 nitrogen and oxygen atoms in total. The Morgan fingerprint density at radius 2 is 1.88 bits per heavy atom. The van der Waals surface area contributed by atoms with Crippen molar-refractivity contribution in [1.29, 1.82) is 0 Å². The standard InChI is InChI=1S/C16H11ClFN5O/c17-14-5-4-12(22-23-14)16(24)21-13-7-9(1-3-11(13)19)10-2-6-15(18)20-8-10/h1-8H,19H2,(H,21,24). The summed E-state index contributed by atoms with van der Waals surface area (Å²) in [5.74, 6) is -1.04. The molecule has 24 heavy (non-hydrogen) atoms. The van der Waals surface area contributed by atoms with Crippen molar-refractivity contribution < 1.29 is 9.18 Å². The molecule has 0 spiro atoms. The number of rotatable bonds is 3. The second-order valence-corrected chi connectivity index (χ2v) is 5.25. The molecule has 0 radical (unpaired) electrons. The molecule has 8 heteroatoms. The number of hydrogen-bond acceptors (Lipinski definition) is 5. The molecular weight excluding hydrogens is 333 g/mol. The van der Waals surface area contributed by atoms with Gasteiger partial charge in [0.2, 0.25) is 5.95 Å². The van der Waals surface area contributed by atoms with E-state index < -0.39 is 11.9 Å². The van der Waals surface area contributed by atoms with Gasteiger partial charge in [0.1, 0.15) is 0 Å². The normalized spacial score (nSPS) is 10.4. The second kappa shape index (κ2) is 6.59. The summed E-state index contributed by atoms with van der Waals surface area (Å²) in [7, 11) is 0. The molecule has 0 saturated heterocycles. The monoisotopic (exact) mass is 343 g/mol. The van der Waals surface area contributed by atoms with Gasteiger partial charge in [-0.2, -0.15) is 4.39 Å². The quantitative estimate of drug-likeness (QED) is 0.562. The summed E-state index contributed by atoms with van der Waals surface area (Å²) in [6.45, 7) is 0. The van der Waals surface area contributed by atoms with Crippen molar-refractivity contribution >= 4 is 28.9 Å². The number of hydrogen-bond donors (Lipinski definition) is 2. The Kier molecular flexibility index (Phi) is 4.35. The number of nitrogens with one attached hydrogen (secondary N) is 1. The summed E-state index contributed by atoms with van der Waals surface area (Å²) in [5.41, 5.74) is 8.20. The number of anilines is 2. The van der Waals surface area contributed by atoms with E-state index in [9.17, 15) is 9.18 Å². The van der Waals surface area contributed by atoms with Crippen LogP contribution in [0.3, 0.4) is 0 Å². The smallest absolute Gasteiger partial charge is 0.276 e. The van der Waals surface area contributed by atoms with Crippen LogP contribution in [0.5, 0.6) is 0 Å². The molecule has 2 aromatic heterocycles. The largest absolute Gasteiger partial charge is 0.397 e. The maximum atomic E-state index is 12.9. The van der Waals surface area contributed by atoms with E-state index in [0.29, 0.717) is 16.9 Å². The lowest BCUT2D eigenvalue weighted by molar-refractivity contribution is 0.102. The van der Waals surface area contributed by atoms with Gasteiger partial charge in [-0.25, -0.2) is 4.98 Å². The van der Waals surface area contributed by atoms with Gasteiger partial charge in [-0.05, 0) is 42.0 Å². The van der Waals surface area contributed by atoms with Crippen LogP contribution in [0.15, 0.2) is 48.7 Å².